The molecule has 1 unspecified atom stereocenters. The molecule has 0 spiro atoms. The summed E-state index contributed by atoms with van der Waals surface area (Å²) in [6.45, 7) is 9.67. The molecule has 2 fully saturated rings. The number of hydrogen-bond acceptors (Lipinski definition) is 7. The molecule has 0 bridgehead atoms. The zero-order valence-electron chi connectivity index (χ0n) is 21.6. The van der Waals surface area contributed by atoms with Crippen molar-refractivity contribution >= 4 is 41.6 Å². The Morgan fingerprint density at radius 2 is 2.00 bits per heavy atom. The normalized spacial score (nSPS) is 23.4. The highest BCUT2D eigenvalue weighted by Crippen LogP contribution is 2.40. The molecule has 2 aromatic rings. The molecule has 200 valence electrons. The van der Waals surface area contributed by atoms with Crippen LogP contribution in [-0.4, -0.2) is 61.0 Å². The predicted molar refractivity (Wildman–Crippen MR) is 140 cm³/mol. The van der Waals surface area contributed by atoms with E-state index in [1.54, 1.807) is 6.07 Å². The Kier molecular flexibility index (Phi) is 7.72. The largest absolute Gasteiger partial charge is 0.498 e. The molecule has 3 heterocycles. The van der Waals surface area contributed by atoms with Crippen LogP contribution in [0.15, 0.2) is 36.5 Å². The second kappa shape index (κ2) is 10.4. The summed E-state index contributed by atoms with van der Waals surface area (Å²) in [5.41, 5.74) is -3.50. The number of hydrogen-bond donors (Lipinski definition) is 2. The lowest BCUT2D eigenvalue weighted by molar-refractivity contribution is -0.0964. The molecule has 4 rings (SSSR count). The number of halogens is 3. The van der Waals surface area contributed by atoms with E-state index in [9.17, 15) is 13.6 Å². The van der Waals surface area contributed by atoms with Gasteiger partial charge in [-0.1, -0.05) is 6.92 Å². The smallest absolute Gasteiger partial charge is 0.420 e. The van der Waals surface area contributed by atoms with Crippen molar-refractivity contribution in [1.82, 2.24) is 10.3 Å². The SMILES string of the molecule is CCC1(C)OB(c2cc(C(=O)Nc3ccc(OC(F)(F)Cl)cc3)cnc2N2CC[C@@H](NC)C2)OC1(C)C. The highest BCUT2D eigenvalue weighted by atomic mass is 35.5. The summed E-state index contributed by atoms with van der Waals surface area (Å²) < 4.78 is 42.8. The first kappa shape index (κ1) is 27.6. The van der Waals surface area contributed by atoms with Crippen LogP contribution in [0.5, 0.6) is 5.75 Å². The molecule has 2 N–H and O–H groups in total. The molecule has 12 heteroatoms. The van der Waals surface area contributed by atoms with Gasteiger partial charge in [0.25, 0.3) is 5.91 Å². The van der Waals surface area contributed by atoms with Gasteiger partial charge in [0.1, 0.15) is 11.6 Å². The number of alkyl halides is 3. The Labute approximate surface area is 221 Å². The average Bonchev–Trinajstić information content (AvgIpc) is 3.41. The van der Waals surface area contributed by atoms with Crippen LogP contribution in [0, 0.1) is 0 Å². The van der Waals surface area contributed by atoms with Crippen molar-refractivity contribution < 1.29 is 27.6 Å². The van der Waals surface area contributed by atoms with Crippen molar-refractivity contribution in [3.8, 4) is 5.75 Å². The Hall–Kier alpha value is -2.47. The lowest BCUT2D eigenvalue weighted by atomic mass is 9.78. The fourth-order valence-electron chi connectivity index (χ4n) is 4.60. The first-order valence-corrected chi connectivity index (χ1v) is 12.7. The number of ether oxygens (including phenoxy) is 1. The third kappa shape index (κ3) is 6.00. The van der Waals surface area contributed by atoms with Gasteiger partial charge in [0.15, 0.2) is 0 Å². The van der Waals surface area contributed by atoms with E-state index >= 15 is 0 Å². The second-order valence-corrected chi connectivity index (χ2v) is 10.5. The zero-order valence-corrected chi connectivity index (χ0v) is 22.4. The fraction of sp³-hybridized carbons (Fsp3) is 0.520. The van der Waals surface area contributed by atoms with Gasteiger partial charge >= 0.3 is 12.7 Å². The Morgan fingerprint density at radius 3 is 2.57 bits per heavy atom. The summed E-state index contributed by atoms with van der Waals surface area (Å²) in [6.07, 6.45) is 3.24. The van der Waals surface area contributed by atoms with Crippen molar-refractivity contribution in [2.75, 3.05) is 30.4 Å². The van der Waals surface area contributed by atoms with Crippen LogP contribution >= 0.6 is 11.6 Å². The van der Waals surface area contributed by atoms with Gasteiger partial charge in [-0.15, -0.1) is 8.78 Å². The third-order valence-corrected chi connectivity index (χ3v) is 7.45. The van der Waals surface area contributed by atoms with E-state index in [0.29, 0.717) is 22.8 Å². The summed E-state index contributed by atoms with van der Waals surface area (Å²) in [6, 6.07) is 7.55. The lowest BCUT2D eigenvalue weighted by Gasteiger charge is -2.35. The Bertz CT molecular complexity index is 1130. The summed E-state index contributed by atoms with van der Waals surface area (Å²) in [5, 5.41) is 6.06. The molecular formula is C25H32BClF2N4O4. The van der Waals surface area contributed by atoms with Crippen molar-refractivity contribution in [2.45, 2.75) is 63.3 Å². The number of likely N-dealkylation sites (N-methyl/N-ethyl adjacent to an activating group) is 1. The van der Waals surface area contributed by atoms with E-state index in [-0.39, 0.29) is 5.75 Å². The minimum atomic E-state index is -3.82. The standard InChI is InChI=1S/C25H32BClF2N4O4/c1-6-24(4)23(2,3)36-26(37-24)20-13-16(14-31-21(20)33-12-11-18(15-33)30-5)22(34)32-17-7-9-19(10-8-17)35-25(27,28)29/h7-10,13-14,18,30H,6,11-12,15H2,1-5H3,(H,32,34)/t18-,24?/m1/s1. The highest BCUT2D eigenvalue weighted by molar-refractivity contribution is 6.64. The number of benzene rings is 1. The monoisotopic (exact) mass is 536 g/mol. The molecule has 37 heavy (non-hydrogen) atoms. The average molecular weight is 537 g/mol. The first-order chi connectivity index (χ1) is 17.3. The first-order valence-electron chi connectivity index (χ1n) is 12.3. The van der Waals surface area contributed by atoms with Crippen LogP contribution in [0.3, 0.4) is 0 Å². The predicted octanol–water partition coefficient (Wildman–Crippen LogP) is 3.99. The third-order valence-electron chi connectivity index (χ3n) is 7.37. The number of carbonyl (C=O) groups is 1. The van der Waals surface area contributed by atoms with Gasteiger partial charge < -0.3 is 29.6 Å². The summed E-state index contributed by atoms with van der Waals surface area (Å²) in [7, 11) is 1.24. The molecule has 0 radical (unpaired) electrons. The number of amides is 1. The molecule has 1 aromatic carbocycles. The highest BCUT2D eigenvalue weighted by Gasteiger charge is 2.54. The number of carbonyl (C=O) groups excluding carboxylic acids is 1. The Morgan fingerprint density at radius 1 is 1.30 bits per heavy atom. The zero-order chi connectivity index (χ0) is 27.0. The number of nitrogens with zero attached hydrogens (tertiary/aromatic N) is 2. The lowest BCUT2D eigenvalue weighted by Crippen LogP contribution is -2.44. The van der Waals surface area contributed by atoms with E-state index in [1.165, 1.54) is 30.5 Å². The van der Waals surface area contributed by atoms with E-state index in [0.717, 1.165) is 31.7 Å². The van der Waals surface area contributed by atoms with Crippen LogP contribution in [0.4, 0.5) is 20.3 Å². The summed E-state index contributed by atoms with van der Waals surface area (Å²) in [4.78, 5) is 20.0. The van der Waals surface area contributed by atoms with Gasteiger partial charge in [0, 0.05) is 48.1 Å². The van der Waals surface area contributed by atoms with Gasteiger partial charge in [-0.25, -0.2) is 4.98 Å². The van der Waals surface area contributed by atoms with Gasteiger partial charge in [-0.05, 0) is 71.0 Å². The molecule has 8 nitrogen and oxygen atoms in total. The Balaban J connectivity index is 1.60. The van der Waals surface area contributed by atoms with E-state index in [2.05, 4.69) is 32.2 Å². The molecule has 0 aliphatic carbocycles. The molecule has 0 saturated carbocycles. The van der Waals surface area contributed by atoms with Crippen LogP contribution in [-0.2, 0) is 9.31 Å². The van der Waals surface area contributed by atoms with Crippen LogP contribution in [0.25, 0.3) is 0 Å². The molecule has 1 amide bonds. The number of nitrogens with one attached hydrogen (secondary N) is 2. The number of pyridine rings is 1. The minimum Gasteiger partial charge on any atom is -0.420 e. The van der Waals surface area contributed by atoms with Crippen molar-refractivity contribution in [1.29, 1.82) is 0 Å². The molecular weight excluding hydrogens is 505 g/mol. The molecule has 2 aliphatic heterocycles. The van der Waals surface area contributed by atoms with Gasteiger partial charge in [0.2, 0.25) is 0 Å². The van der Waals surface area contributed by atoms with Crippen molar-refractivity contribution in [3.05, 3.63) is 42.1 Å². The van der Waals surface area contributed by atoms with Crippen molar-refractivity contribution in [2.24, 2.45) is 0 Å². The van der Waals surface area contributed by atoms with Gasteiger partial charge in [-0.3, -0.25) is 4.79 Å². The quantitative estimate of drug-likeness (QED) is 0.390. The summed E-state index contributed by atoms with van der Waals surface area (Å²) >= 11 is 4.80. The molecule has 1 aromatic heterocycles. The minimum absolute atomic E-state index is 0.131. The van der Waals surface area contributed by atoms with E-state index in [4.69, 9.17) is 20.9 Å². The number of rotatable bonds is 8. The maximum absolute atomic E-state index is 13.1. The molecule has 2 saturated heterocycles. The van der Waals surface area contributed by atoms with Gasteiger partial charge in [0.05, 0.1) is 16.8 Å². The molecule has 2 atom stereocenters. The van der Waals surface area contributed by atoms with Gasteiger partial charge in [-0.2, -0.15) is 0 Å². The fourth-order valence-corrected chi connectivity index (χ4v) is 4.69. The van der Waals surface area contributed by atoms with E-state index in [1.807, 2.05) is 27.8 Å². The van der Waals surface area contributed by atoms with Crippen LogP contribution in [0.2, 0.25) is 0 Å². The van der Waals surface area contributed by atoms with E-state index < -0.39 is 29.8 Å². The second-order valence-electron chi connectivity index (χ2n) is 10.0. The van der Waals surface area contributed by atoms with Crippen LogP contribution < -0.4 is 25.7 Å². The molecule has 2 aliphatic rings. The number of aromatic nitrogens is 1. The maximum atomic E-state index is 13.1. The maximum Gasteiger partial charge on any atom is 0.498 e. The van der Waals surface area contributed by atoms with Crippen molar-refractivity contribution in [3.63, 3.8) is 0 Å². The summed E-state index contributed by atoms with van der Waals surface area (Å²) in [5.74, 6) is 0.176. The topological polar surface area (TPSA) is 85.0 Å². The van der Waals surface area contributed by atoms with Crippen LogP contribution in [0.1, 0.15) is 50.9 Å². The number of anilines is 2.